The van der Waals surface area contributed by atoms with Crippen LogP contribution in [0, 0.1) is 10.1 Å². The van der Waals surface area contributed by atoms with Crippen molar-refractivity contribution >= 4 is 17.1 Å². The number of nitro benzene ring substituents is 1. The van der Waals surface area contributed by atoms with Gasteiger partial charge in [-0.05, 0) is 33.9 Å². The summed E-state index contributed by atoms with van der Waals surface area (Å²) in [6.07, 6.45) is 0. The molecule has 0 amide bonds. The number of nitrogens with one attached hydrogen (secondary N) is 2. The minimum absolute atomic E-state index is 0.100. The fraction of sp³-hybridized carbons (Fsp3) is 0.571. The van der Waals surface area contributed by atoms with Crippen LogP contribution in [0.15, 0.2) is 18.2 Å². The van der Waals surface area contributed by atoms with Gasteiger partial charge in [-0.25, -0.2) is 0 Å². The topological polar surface area (TPSA) is 70.4 Å². The van der Waals surface area contributed by atoms with Gasteiger partial charge in [0.05, 0.1) is 4.92 Å². The minimum Gasteiger partial charge on any atom is -0.385 e. The van der Waals surface area contributed by atoms with Gasteiger partial charge in [0.2, 0.25) is 0 Å². The summed E-state index contributed by atoms with van der Waals surface area (Å²) < 4.78 is 0. The second-order valence-electron chi connectivity index (χ2n) is 5.06. The highest BCUT2D eigenvalue weighted by Gasteiger charge is 2.09. The second-order valence-corrected chi connectivity index (χ2v) is 5.06. The zero-order valence-electron chi connectivity index (χ0n) is 12.6. The molecule has 112 valence electrons. The lowest BCUT2D eigenvalue weighted by molar-refractivity contribution is -0.384. The smallest absolute Gasteiger partial charge is 0.273 e. The fourth-order valence-electron chi connectivity index (χ4n) is 1.76. The molecule has 0 aliphatic heterocycles. The third-order valence-electron chi connectivity index (χ3n) is 3.18. The molecule has 0 atom stereocenters. The third-order valence-corrected chi connectivity index (χ3v) is 3.18. The number of hydrogen-bond acceptors (Lipinski definition) is 5. The molecule has 1 aromatic rings. The second kappa shape index (κ2) is 7.69. The maximum atomic E-state index is 10.9. The number of anilines is 2. The number of nitro groups is 1. The Morgan fingerprint density at radius 1 is 1.25 bits per heavy atom. The lowest BCUT2D eigenvalue weighted by Crippen LogP contribution is -2.31. The van der Waals surface area contributed by atoms with Gasteiger partial charge < -0.3 is 15.5 Å². The minimum atomic E-state index is -0.369. The van der Waals surface area contributed by atoms with Crippen molar-refractivity contribution < 1.29 is 4.92 Å². The number of benzene rings is 1. The van der Waals surface area contributed by atoms with Gasteiger partial charge in [0.15, 0.2) is 0 Å². The zero-order chi connectivity index (χ0) is 15.1. The summed E-state index contributed by atoms with van der Waals surface area (Å²) in [4.78, 5) is 12.8. The maximum Gasteiger partial charge on any atom is 0.273 e. The maximum absolute atomic E-state index is 10.9. The average Bonchev–Trinajstić information content (AvgIpc) is 2.38. The summed E-state index contributed by atoms with van der Waals surface area (Å²) in [7, 11) is 2.06. The summed E-state index contributed by atoms with van der Waals surface area (Å²) in [6.45, 7) is 8.60. The first kappa shape index (κ1) is 16.2. The van der Waals surface area contributed by atoms with E-state index in [1.165, 1.54) is 0 Å². The molecule has 6 nitrogen and oxygen atoms in total. The van der Waals surface area contributed by atoms with Crippen molar-refractivity contribution in [2.24, 2.45) is 0 Å². The summed E-state index contributed by atoms with van der Waals surface area (Å²) in [5.74, 6) is 0. The number of hydrogen-bond donors (Lipinski definition) is 2. The molecule has 0 aliphatic rings. The Labute approximate surface area is 120 Å². The first-order valence-electron chi connectivity index (χ1n) is 6.91. The van der Waals surface area contributed by atoms with E-state index in [4.69, 9.17) is 0 Å². The SMILES string of the molecule is CCNc1cc(NCCN(C)C(C)C)cc([N+](=O)[O-])c1. The van der Waals surface area contributed by atoms with Crippen molar-refractivity contribution in [3.8, 4) is 0 Å². The molecule has 0 spiro atoms. The van der Waals surface area contributed by atoms with Crippen LogP contribution in [-0.4, -0.2) is 42.5 Å². The van der Waals surface area contributed by atoms with E-state index in [0.717, 1.165) is 31.0 Å². The first-order chi connectivity index (χ1) is 9.43. The number of likely N-dealkylation sites (N-methyl/N-ethyl adjacent to an activating group) is 1. The van der Waals surface area contributed by atoms with E-state index >= 15 is 0 Å². The summed E-state index contributed by atoms with van der Waals surface area (Å²) in [5, 5.41) is 17.3. The van der Waals surface area contributed by atoms with E-state index in [1.54, 1.807) is 12.1 Å². The monoisotopic (exact) mass is 280 g/mol. The Morgan fingerprint density at radius 2 is 1.85 bits per heavy atom. The number of nitrogens with zero attached hydrogens (tertiary/aromatic N) is 2. The Hall–Kier alpha value is -1.82. The van der Waals surface area contributed by atoms with Gasteiger partial charge in [0.25, 0.3) is 5.69 Å². The van der Waals surface area contributed by atoms with Gasteiger partial charge in [-0.3, -0.25) is 10.1 Å². The van der Waals surface area contributed by atoms with E-state index in [1.807, 2.05) is 13.0 Å². The summed E-state index contributed by atoms with van der Waals surface area (Å²) in [5.41, 5.74) is 1.64. The van der Waals surface area contributed by atoms with Crippen molar-refractivity contribution in [2.45, 2.75) is 26.8 Å². The summed E-state index contributed by atoms with van der Waals surface area (Å²) in [6, 6.07) is 5.50. The van der Waals surface area contributed by atoms with E-state index < -0.39 is 0 Å². The van der Waals surface area contributed by atoms with E-state index in [2.05, 4.69) is 36.4 Å². The van der Waals surface area contributed by atoms with Crippen LogP contribution in [0.2, 0.25) is 0 Å². The van der Waals surface area contributed by atoms with Crippen molar-refractivity contribution in [1.82, 2.24) is 4.90 Å². The van der Waals surface area contributed by atoms with Crippen molar-refractivity contribution in [2.75, 3.05) is 37.3 Å². The number of non-ortho nitro benzene ring substituents is 1. The van der Waals surface area contributed by atoms with Crippen LogP contribution in [0.5, 0.6) is 0 Å². The molecule has 0 heterocycles. The molecule has 6 heteroatoms. The van der Waals surface area contributed by atoms with Crippen LogP contribution in [0.1, 0.15) is 20.8 Å². The van der Waals surface area contributed by atoms with E-state index in [9.17, 15) is 10.1 Å². The van der Waals surface area contributed by atoms with Gasteiger partial charge in [-0.1, -0.05) is 0 Å². The van der Waals surface area contributed by atoms with Gasteiger partial charge in [0, 0.05) is 49.2 Å². The van der Waals surface area contributed by atoms with Crippen LogP contribution in [0.4, 0.5) is 17.1 Å². The van der Waals surface area contributed by atoms with Gasteiger partial charge in [0.1, 0.15) is 0 Å². The van der Waals surface area contributed by atoms with E-state index in [-0.39, 0.29) is 10.6 Å². The van der Waals surface area contributed by atoms with Crippen molar-refractivity contribution in [3.05, 3.63) is 28.3 Å². The quantitative estimate of drug-likeness (QED) is 0.566. The molecular weight excluding hydrogens is 256 g/mol. The van der Waals surface area contributed by atoms with Crippen molar-refractivity contribution in [1.29, 1.82) is 0 Å². The van der Waals surface area contributed by atoms with Crippen LogP contribution in [0.3, 0.4) is 0 Å². The van der Waals surface area contributed by atoms with Crippen LogP contribution in [0.25, 0.3) is 0 Å². The molecule has 1 aromatic carbocycles. The third kappa shape index (κ3) is 5.05. The predicted molar refractivity (Wildman–Crippen MR) is 83.5 cm³/mol. The fourth-order valence-corrected chi connectivity index (χ4v) is 1.76. The Balaban J connectivity index is 2.70. The van der Waals surface area contributed by atoms with Gasteiger partial charge >= 0.3 is 0 Å². The molecule has 0 unspecified atom stereocenters. The highest BCUT2D eigenvalue weighted by molar-refractivity contribution is 5.63. The predicted octanol–water partition coefficient (Wildman–Crippen LogP) is 2.78. The van der Waals surface area contributed by atoms with Crippen LogP contribution >= 0.6 is 0 Å². The highest BCUT2D eigenvalue weighted by atomic mass is 16.6. The Bertz CT molecular complexity index is 449. The lowest BCUT2D eigenvalue weighted by atomic mass is 10.2. The molecule has 20 heavy (non-hydrogen) atoms. The van der Waals surface area contributed by atoms with E-state index in [0.29, 0.717) is 6.04 Å². The molecule has 1 rings (SSSR count). The van der Waals surface area contributed by atoms with Crippen LogP contribution < -0.4 is 10.6 Å². The highest BCUT2D eigenvalue weighted by Crippen LogP contribution is 2.24. The van der Waals surface area contributed by atoms with Gasteiger partial charge in [-0.15, -0.1) is 0 Å². The van der Waals surface area contributed by atoms with Crippen molar-refractivity contribution in [3.63, 3.8) is 0 Å². The molecule has 0 aromatic heterocycles. The zero-order valence-corrected chi connectivity index (χ0v) is 12.6. The Kier molecular flexibility index (Phi) is 6.24. The molecule has 0 bridgehead atoms. The number of rotatable bonds is 8. The van der Waals surface area contributed by atoms with Gasteiger partial charge in [-0.2, -0.15) is 0 Å². The summed E-state index contributed by atoms with van der Waals surface area (Å²) >= 11 is 0. The molecule has 2 N–H and O–H groups in total. The molecule has 0 aliphatic carbocycles. The lowest BCUT2D eigenvalue weighted by Gasteiger charge is -2.21. The molecule has 0 radical (unpaired) electrons. The van der Waals surface area contributed by atoms with Crippen LogP contribution in [-0.2, 0) is 0 Å². The Morgan fingerprint density at radius 3 is 2.35 bits per heavy atom. The molecule has 0 saturated heterocycles. The largest absolute Gasteiger partial charge is 0.385 e. The normalized spacial score (nSPS) is 10.9. The first-order valence-corrected chi connectivity index (χ1v) is 6.91. The standard InChI is InChI=1S/C14H24N4O2/c1-5-15-12-8-13(10-14(9-12)18(19)20)16-6-7-17(4)11(2)3/h8-11,15-16H,5-7H2,1-4H3. The molecule has 0 fully saturated rings. The molecule has 0 saturated carbocycles. The molecular formula is C14H24N4O2. The average molecular weight is 280 g/mol.